The Morgan fingerprint density at radius 1 is 1.38 bits per heavy atom. The zero-order valence-electron chi connectivity index (χ0n) is 6.41. The molecule has 0 aliphatic carbocycles. The normalized spacial score (nSPS) is 11.5. The fraction of sp³-hybridized carbons (Fsp3) is 0.714. The number of allylic oxidation sites excluding steroid dienone is 1. The van der Waals surface area contributed by atoms with E-state index in [1.165, 1.54) is 11.6 Å². The van der Waals surface area contributed by atoms with Crippen LogP contribution in [-0.4, -0.2) is 8.07 Å². The van der Waals surface area contributed by atoms with Gasteiger partial charge in [-0.3, -0.25) is 0 Å². The van der Waals surface area contributed by atoms with Crippen molar-refractivity contribution in [3.8, 4) is 0 Å². The lowest BCUT2D eigenvalue weighted by Crippen LogP contribution is -2.18. The zero-order chi connectivity index (χ0) is 6.78. The standard InChI is InChI=1S/C7H16Si/c1-7(2)6-8(3,4)5/h1,6H2,2-5H3. The molecule has 0 aromatic heterocycles. The molecule has 0 rings (SSSR count). The third kappa shape index (κ3) is 5.96. The molecule has 0 N–H and O–H groups in total. The summed E-state index contributed by atoms with van der Waals surface area (Å²) in [6.45, 7) is 13.1. The first kappa shape index (κ1) is 7.96. The molecule has 0 aromatic carbocycles. The van der Waals surface area contributed by atoms with E-state index in [4.69, 9.17) is 0 Å². The van der Waals surface area contributed by atoms with Gasteiger partial charge in [-0.1, -0.05) is 25.2 Å². The zero-order valence-corrected chi connectivity index (χ0v) is 7.41. The Hall–Kier alpha value is -0.0431. The van der Waals surface area contributed by atoms with Crippen molar-refractivity contribution in [3.05, 3.63) is 12.2 Å². The molecule has 0 spiro atoms. The van der Waals surface area contributed by atoms with Gasteiger partial charge < -0.3 is 0 Å². The van der Waals surface area contributed by atoms with Crippen LogP contribution in [0.4, 0.5) is 0 Å². The molecule has 0 radical (unpaired) electrons. The van der Waals surface area contributed by atoms with Crippen molar-refractivity contribution in [2.75, 3.05) is 0 Å². The highest BCUT2D eigenvalue weighted by atomic mass is 28.3. The second-order valence-corrected chi connectivity index (χ2v) is 9.17. The number of hydrogen-bond donors (Lipinski definition) is 0. The van der Waals surface area contributed by atoms with Crippen molar-refractivity contribution in [2.24, 2.45) is 0 Å². The van der Waals surface area contributed by atoms with Crippen LogP contribution in [0.25, 0.3) is 0 Å². The number of rotatable bonds is 2. The van der Waals surface area contributed by atoms with Crippen LogP contribution in [-0.2, 0) is 0 Å². The Morgan fingerprint density at radius 2 is 1.75 bits per heavy atom. The van der Waals surface area contributed by atoms with Crippen molar-refractivity contribution >= 4 is 8.07 Å². The van der Waals surface area contributed by atoms with Gasteiger partial charge in [0, 0.05) is 8.07 Å². The van der Waals surface area contributed by atoms with E-state index in [1.807, 2.05) is 0 Å². The summed E-state index contributed by atoms with van der Waals surface area (Å²) in [6, 6.07) is 1.27. The fourth-order valence-corrected chi connectivity index (χ4v) is 2.72. The molecule has 8 heavy (non-hydrogen) atoms. The lowest BCUT2D eigenvalue weighted by atomic mass is 10.4. The molecule has 0 aliphatic heterocycles. The molecule has 1 heteroatoms. The van der Waals surface area contributed by atoms with Crippen molar-refractivity contribution in [3.63, 3.8) is 0 Å². The number of hydrogen-bond acceptors (Lipinski definition) is 0. The summed E-state index contributed by atoms with van der Waals surface area (Å²) in [7, 11) is -0.820. The van der Waals surface area contributed by atoms with Crippen molar-refractivity contribution in [1.82, 2.24) is 0 Å². The van der Waals surface area contributed by atoms with Gasteiger partial charge in [0.05, 0.1) is 0 Å². The second-order valence-electron chi connectivity index (χ2n) is 3.69. The lowest BCUT2D eigenvalue weighted by molar-refractivity contribution is 1.33. The smallest absolute Gasteiger partial charge is 0.0482 e. The average molecular weight is 128 g/mol. The van der Waals surface area contributed by atoms with E-state index in [1.54, 1.807) is 0 Å². The minimum absolute atomic E-state index is 0.820. The van der Waals surface area contributed by atoms with Crippen molar-refractivity contribution in [1.29, 1.82) is 0 Å². The highest BCUT2D eigenvalue weighted by Crippen LogP contribution is 2.13. The first-order valence-electron chi connectivity index (χ1n) is 3.06. The Kier molecular flexibility index (Phi) is 2.48. The van der Waals surface area contributed by atoms with Gasteiger partial charge in [0.1, 0.15) is 0 Å². The highest BCUT2D eigenvalue weighted by molar-refractivity contribution is 6.76. The molecule has 0 saturated carbocycles. The van der Waals surface area contributed by atoms with Crippen molar-refractivity contribution in [2.45, 2.75) is 32.6 Å². The summed E-state index contributed by atoms with van der Waals surface area (Å²) < 4.78 is 0. The topological polar surface area (TPSA) is 0 Å². The van der Waals surface area contributed by atoms with Crippen LogP contribution in [0.2, 0.25) is 25.7 Å². The quantitative estimate of drug-likeness (QED) is 0.396. The van der Waals surface area contributed by atoms with E-state index in [0.717, 1.165) is 0 Å². The van der Waals surface area contributed by atoms with Gasteiger partial charge >= 0.3 is 0 Å². The first-order valence-corrected chi connectivity index (χ1v) is 6.77. The van der Waals surface area contributed by atoms with Gasteiger partial charge in [0.2, 0.25) is 0 Å². The third-order valence-corrected chi connectivity index (χ3v) is 2.50. The summed E-state index contributed by atoms with van der Waals surface area (Å²) in [6.07, 6.45) is 0. The van der Waals surface area contributed by atoms with Crippen LogP contribution in [0, 0.1) is 0 Å². The second kappa shape index (κ2) is 2.49. The predicted molar refractivity (Wildman–Crippen MR) is 43.0 cm³/mol. The molecule has 0 fully saturated rings. The molecular formula is C7H16Si. The molecular weight excluding hydrogens is 112 g/mol. The molecule has 0 amide bonds. The van der Waals surface area contributed by atoms with E-state index in [9.17, 15) is 0 Å². The van der Waals surface area contributed by atoms with E-state index in [0.29, 0.717) is 0 Å². The van der Waals surface area contributed by atoms with Gasteiger partial charge in [-0.15, -0.1) is 6.58 Å². The first-order chi connectivity index (χ1) is 3.42. The highest BCUT2D eigenvalue weighted by Gasteiger charge is 2.11. The fourth-order valence-electron chi connectivity index (χ4n) is 0.905. The van der Waals surface area contributed by atoms with Gasteiger partial charge in [-0.2, -0.15) is 0 Å². The minimum Gasteiger partial charge on any atom is -0.100 e. The molecule has 0 nitrogen and oxygen atoms in total. The monoisotopic (exact) mass is 128 g/mol. The maximum Gasteiger partial charge on any atom is 0.0482 e. The van der Waals surface area contributed by atoms with Crippen LogP contribution in [0.3, 0.4) is 0 Å². The van der Waals surface area contributed by atoms with Gasteiger partial charge in [0.25, 0.3) is 0 Å². The maximum absolute atomic E-state index is 3.88. The Labute approximate surface area is 53.6 Å². The molecule has 0 saturated heterocycles. The van der Waals surface area contributed by atoms with Crippen LogP contribution < -0.4 is 0 Å². The Bertz CT molecular complexity index is 87.1. The SMILES string of the molecule is C=C(C)C[Si](C)(C)C. The van der Waals surface area contributed by atoms with Crippen LogP contribution in [0.15, 0.2) is 12.2 Å². The summed E-state index contributed by atoms with van der Waals surface area (Å²) >= 11 is 0. The predicted octanol–water partition coefficient (Wildman–Crippen LogP) is 2.90. The largest absolute Gasteiger partial charge is 0.100 e. The summed E-state index contributed by atoms with van der Waals surface area (Å²) in [5.74, 6) is 0. The Morgan fingerprint density at radius 3 is 1.75 bits per heavy atom. The molecule has 0 atom stereocenters. The van der Waals surface area contributed by atoms with E-state index < -0.39 is 8.07 Å². The molecule has 0 unspecified atom stereocenters. The van der Waals surface area contributed by atoms with Gasteiger partial charge in [-0.25, -0.2) is 0 Å². The summed E-state index contributed by atoms with van der Waals surface area (Å²) in [5, 5.41) is 0. The molecule has 0 aromatic rings. The van der Waals surface area contributed by atoms with Crippen molar-refractivity contribution < 1.29 is 0 Å². The summed E-state index contributed by atoms with van der Waals surface area (Å²) in [5.41, 5.74) is 1.34. The van der Waals surface area contributed by atoms with E-state index in [2.05, 4.69) is 33.1 Å². The van der Waals surface area contributed by atoms with Crippen LogP contribution in [0.1, 0.15) is 6.92 Å². The van der Waals surface area contributed by atoms with E-state index >= 15 is 0 Å². The van der Waals surface area contributed by atoms with Crippen LogP contribution in [0.5, 0.6) is 0 Å². The Balaban J connectivity index is 3.55. The maximum atomic E-state index is 3.88. The molecule has 48 valence electrons. The molecule has 0 heterocycles. The van der Waals surface area contributed by atoms with E-state index in [-0.39, 0.29) is 0 Å². The lowest BCUT2D eigenvalue weighted by Gasteiger charge is -2.14. The minimum atomic E-state index is -0.820. The average Bonchev–Trinajstić information content (AvgIpc) is 1.21. The van der Waals surface area contributed by atoms with Crippen LogP contribution >= 0.6 is 0 Å². The molecule has 0 aliphatic rings. The third-order valence-electron chi connectivity index (χ3n) is 0.832. The summed E-state index contributed by atoms with van der Waals surface area (Å²) in [4.78, 5) is 0. The van der Waals surface area contributed by atoms with Gasteiger partial charge in [0.15, 0.2) is 0 Å². The molecule has 0 bridgehead atoms. The van der Waals surface area contributed by atoms with Gasteiger partial charge in [-0.05, 0) is 13.0 Å².